The zero-order valence-electron chi connectivity index (χ0n) is 10.8. The molecule has 0 aromatic heterocycles. The largest absolute Gasteiger partial charge is 0.283 e. The van der Waals surface area contributed by atoms with Crippen LogP contribution in [-0.4, -0.2) is 17.5 Å². The number of hydrogen-bond acceptors (Lipinski definition) is 3. The summed E-state index contributed by atoms with van der Waals surface area (Å²) >= 11 is 0. The first-order valence-electron chi connectivity index (χ1n) is 6.53. The van der Waals surface area contributed by atoms with Gasteiger partial charge in [-0.3, -0.25) is 4.90 Å². The van der Waals surface area contributed by atoms with Crippen molar-refractivity contribution in [2.75, 3.05) is 6.54 Å². The van der Waals surface area contributed by atoms with Gasteiger partial charge in [-0.15, -0.1) is 0 Å². The van der Waals surface area contributed by atoms with Crippen molar-refractivity contribution >= 4 is 0 Å². The van der Waals surface area contributed by atoms with Crippen LogP contribution in [0.2, 0.25) is 0 Å². The number of nitriles is 2. The van der Waals surface area contributed by atoms with Gasteiger partial charge in [-0.2, -0.15) is 10.5 Å². The van der Waals surface area contributed by atoms with Crippen molar-refractivity contribution in [2.24, 2.45) is 0 Å². The quantitative estimate of drug-likeness (QED) is 0.779. The smallest absolute Gasteiger partial charge is 0.124 e. The SMILES string of the molecule is N#CCN(Cc1cc(F)cc(C#N)c1)C1CCCC1. The van der Waals surface area contributed by atoms with Crippen molar-refractivity contribution in [3.8, 4) is 12.1 Å². The second-order valence-corrected chi connectivity index (χ2v) is 4.96. The zero-order chi connectivity index (χ0) is 13.7. The Morgan fingerprint density at radius 2 is 1.95 bits per heavy atom. The van der Waals surface area contributed by atoms with Gasteiger partial charge in [0.2, 0.25) is 0 Å². The lowest BCUT2D eigenvalue weighted by Crippen LogP contribution is -2.33. The molecule has 0 amide bonds. The molecule has 1 aliphatic rings. The van der Waals surface area contributed by atoms with Gasteiger partial charge in [-0.1, -0.05) is 12.8 Å². The molecule has 19 heavy (non-hydrogen) atoms. The lowest BCUT2D eigenvalue weighted by atomic mass is 10.1. The summed E-state index contributed by atoms with van der Waals surface area (Å²) in [6.07, 6.45) is 4.59. The highest BCUT2D eigenvalue weighted by Gasteiger charge is 2.22. The maximum Gasteiger partial charge on any atom is 0.124 e. The molecule has 0 aliphatic heterocycles. The summed E-state index contributed by atoms with van der Waals surface area (Å²) in [7, 11) is 0. The summed E-state index contributed by atoms with van der Waals surface area (Å²) in [5.74, 6) is -0.391. The average molecular weight is 257 g/mol. The van der Waals surface area contributed by atoms with E-state index in [4.69, 9.17) is 10.5 Å². The van der Waals surface area contributed by atoms with Crippen LogP contribution in [0.25, 0.3) is 0 Å². The van der Waals surface area contributed by atoms with E-state index in [0.717, 1.165) is 18.4 Å². The van der Waals surface area contributed by atoms with Gasteiger partial charge in [0.1, 0.15) is 5.82 Å². The van der Waals surface area contributed by atoms with E-state index in [9.17, 15) is 4.39 Å². The van der Waals surface area contributed by atoms with Crippen LogP contribution in [0.4, 0.5) is 4.39 Å². The Hall–Kier alpha value is -1.91. The van der Waals surface area contributed by atoms with Gasteiger partial charge in [-0.05, 0) is 36.6 Å². The number of benzene rings is 1. The Kier molecular flexibility index (Phi) is 4.49. The van der Waals surface area contributed by atoms with Crippen LogP contribution in [0.15, 0.2) is 18.2 Å². The highest BCUT2D eigenvalue weighted by molar-refractivity contribution is 5.33. The van der Waals surface area contributed by atoms with Gasteiger partial charge < -0.3 is 0 Å². The maximum atomic E-state index is 13.4. The average Bonchev–Trinajstić information content (AvgIpc) is 2.91. The van der Waals surface area contributed by atoms with E-state index in [1.165, 1.54) is 25.0 Å². The van der Waals surface area contributed by atoms with E-state index < -0.39 is 5.82 Å². The summed E-state index contributed by atoms with van der Waals surface area (Å²) in [6.45, 7) is 0.883. The van der Waals surface area contributed by atoms with Gasteiger partial charge in [0.25, 0.3) is 0 Å². The highest BCUT2D eigenvalue weighted by atomic mass is 19.1. The van der Waals surface area contributed by atoms with E-state index in [1.54, 1.807) is 6.07 Å². The molecule has 3 nitrogen and oxygen atoms in total. The van der Waals surface area contributed by atoms with Crippen LogP contribution in [0.1, 0.15) is 36.8 Å². The summed E-state index contributed by atoms with van der Waals surface area (Å²) < 4.78 is 13.4. The van der Waals surface area contributed by atoms with Gasteiger partial charge in [0, 0.05) is 12.6 Å². The van der Waals surface area contributed by atoms with Gasteiger partial charge in [0.05, 0.1) is 24.2 Å². The first-order chi connectivity index (χ1) is 9.22. The minimum Gasteiger partial charge on any atom is -0.283 e. The van der Waals surface area contributed by atoms with E-state index in [-0.39, 0.29) is 0 Å². The predicted octanol–water partition coefficient (Wildman–Crippen LogP) is 2.97. The van der Waals surface area contributed by atoms with Crippen molar-refractivity contribution in [1.82, 2.24) is 4.90 Å². The maximum absolute atomic E-state index is 13.4. The van der Waals surface area contributed by atoms with Crippen LogP contribution >= 0.6 is 0 Å². The molecule has 0 heterocycles. The van der Waals surface area contributed by atoms with Crippen molar-refractivity contribution in [3.63, 3.8) is 0 Å². The van der Waals surface area contributed by atoms with Crippen molar-refractivity contribution < 1.29 is 4.39 Å². The van der Waals surface area contributed by atoms with Crippen molar-refractivity contribution in [3.05, 3.63) is 35.1 Å². The van der Waals surface area contributed by atoms with Crippen LogP contribution in [-0.2, 0) is 6.54 Å². The Bertz CT molecular complexity index is 521. The third-order valence-electron chi connectivity index (χ3n) is 3.59. The number of halogens is 1. The van der Waals surface area contributed by atoms with Gasteiger partial charge >= 0.3 is 0 Å². The summed E-state index contributed by atoms with van der Waals surface area (Å²) in [4.78, 5) is 2.09. The molecule has 2 rings (SSSR count). The van der Waals surface area contributed by atoms with Gasteiger partial charge in [0.15, 0.2) is 0 Å². The molecule has 1 aromatic rings. The first kappa shape index (κ1) is 13.5. The first-order valence-corrected chi connectivity index (χ1v) is 6.53. The number of nitrogens with zero attached hydrogens (tertiary/aromatic N) is 3. The molecule has 1 aromatic carbocycles. The minimum atomic E-state index is -0.391. The van der Waals surface area contributed by atoms with Gasteiger partial charge in [-0.25, -0.2) is 4.39 Å². The molecule has 0 N–H and O–H groups in total. The Labute approximate surface area is 112 Å². The lowest BCUT2D eigenvalue weighted by molar-refractivity contribution is 0.214. The van der Waals surface area contributed by atoms with Crippen LogP contribution in [0.5, 0.6) is 0 Å². The van der Waals surface area contributed by atoms with E-state index in [0.29, 0.717) is 24.7 Å². The third kappa shape index (κ3) is 3.53. The normalized spacial score (nSPS) is 15.4. The molecule has 0 spiro atoms. The molecule has 1 fully saturated rings. The molecule has 0 atom stereocenters. The molecule has 4 heteroatoms. The molecule has 98 valence electrons. The lowest BCUT2D eigenvalue weighted by Gasteiger charge is -2.26. The molecule has 1 aliphatic carbocycles. The van der Waals surface area contributed by atoms with E-state index >= 15 is 0 Å². The van der Waals surface area contributed by atoms with E-state index in [1.807, 2.05) is 6.07 Å². The van der Waals surface area contributed by atoms with E-state index in [2.05, 4.69) is 11.0 Å². The van der Waals surface area contributed by atoms with Crippen LogP contribution in [0, 0.1) is 28.5 Å². The zero-order valence-corrected chi connectivity index (χ0v) is 10.8. The minimum absolute atomic E-state index is 0.332. The topological polar surface area (TPSA) is 50.8 Å². The number of hydrogen-bond donors (Lipinski definition) is 0. The molecule has 0 radical (unpaired) electrons. The molecule has 1 saturated carbocycles. The van der Waals surface area contributed by atoms with Crippen LogP contribution in [0.3, 0.4) is 0 Å². The van der Waals surface area contributed by atoms with Crippen molar-refractivity contribution in [2.45, 2.75) is 38.3 Å². The monoisotopic (exact) mass is 257 g/mol. The Balaban J connectivity index is 2.14. The molecule has 0 saturated heterocycles. The van der Waals surface area contributed by atoms with Crippen LogP contribution < -0.4 is 0 Å². The third-order valence-corrected chi connectivity index (χ3v) is 3.59. The fourth-order valence-electron chi connectivity index (χ4n) is 2.72. The fraction of sp³-hybridized carbons (Fsp3) is 0.467. The van der Waals surface area contributed by atoms with Crippen molar-refractivity contribution in [1.29, 1.82) is 10.5 Å². The Morgan fingerprint density at radius 3 is 2.58 bits per heavy atom. The summed E-state index contributed by atoms with van der Waals surface area (Å²) in [5, 5.41) is 17.8. The molecule has 0 unspecified atom stereocenters. The second-order valence-electron chi connectivity index (χ2n) is 4.96. The molecule has 0 bridgehead atoms. The molecular weight excluding hydrogens is 241 g/mol. The highest BCUT2D eigenvalue weighted by Crippen LogP contribution is 2.25. The summed E-state index contributed by atoms with van der Waals surface area (Å²) in [6, 6.07) is 8.92. The number of rotatable bonds is 4. The fourth-order valence-corrected chi connectivity index (χ4v) is 2.72. The Morgan fingerprint density at radius 1 is 1.21 bits per heavy atom. The predicted molar refractivity (Wildman–Crippen MR) is 69.4 cm³/mol. The standard InChI is InChI=1S/C15H16FN3/c16-14-8-12(10-18)7-13(9-14)11-19(6-5-17)15-3-1-2-4-15/h7-9,15H,1-4,6,11H2. The second kappa shape index (κ2) is 6.31. The summed E-state index contributed by atoms with van der Waals surface area (Å²) in [5.41, 5.74) is 1.09. The molecular formula is C15H16FN3.